The fourth-order valence-corrected chi connectivity index (χ4v) is 2.16. The van der Waals surface area contributed by atoms with E-state index in [9.17, 15) is 9.59 Å². The second-order valence-corrected chi connectivity index (χ2v) is 3.87. The highest BCUT2D eigenvalue weighted by molar-refractivity contribution is 6.62. The lowest BCUT2D eigenvalue weighted by Crippen LogP contribution is -2.58. The molecule has 1 rings (SSSR count). The van der Waals surface area contributed by atoms with Crippen LogP contribution in [0.15, 0.2) is 0 Å². The molecule has 2 atom stereocenters. The maximum absolute atomic E-state index is 11.0. The van der Waals surface area contributed by atoms with Crippen LogP contribution in [0.25, 0.3) is 0 Å². The van der Waals surface area contributed by atoms with Crippen LogP contribution in [0.5, 0.6) is 0 Å². The smallest absolute Gasteiger partial charge is 0.407 e. The topological polar surface area (TPSA) is 60.9 Å². The molecule has 0 aliphatic carbocycles. The fourth-order valence-electron chi connectivity index (χ4n) is 1.83. The average Bonchev–Trinajstić information content (AvgIpc) is 2.01. The molecule has 0 unspecified atom stereocenters. The van der Waals surface area contributed by atoms with Crippen molar-refractivity contribution in [2.24, 2.45) is 0 Å². The highest BCUT2D eigenvalue weighted by Gasteiger charge is 2.33. The maximum Gasteiger partial charge on any atom is 0.407 e. The van der Waals surface area contributed by atoms with Crippen LogP contribution in [0.1, 0.15) is 13.8 Å². The minimum absolute atomic E-state index is 0.167. The van der Waals surface area contributed by atoms with Crippen LogP contribution in [0.4, 0.5) is 9.59 Å². The lowest BCUT2D eigenvalue weighted by Gasteiger charge is -2.42. The SMILES string of the molecule is C[C@@H]1CN(C(=O)O)C[C@@H](C)N1C(=O)Cl. The van der Waals surface area contributed by atoms with Crippen molar-refractivity contribution in [3.05, 3.63) is 0 Å². The van der Waals surface area contributed by atoms with E-state index in [0.717, 1.165) is 0 Å². The summed E-state index contributed by atoms with van der Waals surface area (Å²) in [5.41, 5.74) is 0. The van der Waals surface area contributed by atoms with Crippen molar-refractivity contribution in [2.75, 3.05) is 13.1 Å². The molecular weight excluding hydrogens is 208 g/mol. The minimum atomic E-state index is -0.953. The van der Waals surface area contributed by atoms with Crippen molar-refractivity contribution in [2.45, 2.75) is 25.9 Å². The summed E-state index contributed by atoms with van der Waals surface area (Å²) in [5.74, 6) is 0. The largest absolute Gasteiger partial charge is 0.465 e. The van der Waals surface area contributed by atoms with E-state index < -0.39 is 11.5 Å². The lowest BCUT2D eigenvalue weighted by atomic mass is 10.1. The van der Waals surface area contributed by atoms with Gasteiger partial charge < -0.3 is 14.9 Å². The van der Waals surface area contributed by atoms with Crippen molar-refractivity contribution in [1.82, 2.24) is 9.80 Å². The maximum atomic E-state index is 11.0. The van der Waals surface area contributed by atoms with Crippen molar-refractivity contribution >= 4 is 23.1 Å². The number of carboxylic acid groups (broad SMARTS) is 1. The van der Waals surface area contributed by atoms with Crippen molar-refractivity contribution in [3.63, 3.8) is 0 Å². The number of carbonyl (C=O) groups is 2. The van der Waals surface area contributed by atoms with Crippen molar-refractivity contribution in [3.8, 4) is 0 Å². The summed E-state index contributed by atoms with van der Waals surface area (Å²) in [7, 11) is 0. The van der Waals surface area contributed by atoms with Gasteiger partial charge in [0.15, 0.2) is 0 Å². The summed E-state index contributed by atoms with van der Waals surface area (Å²) >= 11 is 5.39. The fraction of sp³-hybridized carbons (Fsp3) is 0.750. The Morgan fingerprint density at radius 3 is 2.00 bits per heavy atom. The first-order valence-electron chi connectivity index (χ1n) is 4.39. The Bertz CT molecular complexity index is 247. The van der Waals surface area contributed by atoms with Gasteiger partial charge in [0.05, 0.1) is 0 Å². The average molecular weight is 221 g/mol. The van der Waals surface area contributed by atoms with E-state index in [1.165, 1.54) is 9.80 Å². The Morgan fingerprint density at radius 1 is 1.29 bits per heavy atom. The Labute approximate surface area is 87.2 Å². The molecule has 1 saturated heterocycles. The van der Waals surface area contributed by atoms with Gasteiger partial charge in [-0.3, -0.25) is 4.79 Å². The van der Waals surface area contributed by atoms with Gasteiger partial charge in [0, 0.05) is 25.2 Å². The zero-order chi connectivity index (χ0) is 10.9. The Kier molecular flexibility index (Phi) is 3.21. The van der Waals surface area contributed by atoms with Crippen molar-refractivity contribution in [1.29, 1.82) is 0 Å². The number of piperazine rings is 1. The number of amides is 2. The number of rotatable bonds is 0. The molecule has 1 aliphatic heterocycles. The molecule has 0 aromatic rings. The summed E-state index contributed by atoms with van der Waals surface area (Å²) in [6.07, 6.45) is -0.953. The Balaban J connectivity index is 2.72. The van der Waals surface area contributed by atoms with E-state index in [2.05, 4.69) is 0 Å². The number of hydrogen-bond donors (Lipinski definition) is 1. The quantitative estimate of drug-likeness (QED) is 0.496. The summed E-state index contributed by atoms with van der Waals surface area (Å²) in [5, 5.41) is 8.27. The van der Waals surface area contributed by atoms with Gasteiger partial charge in [-0.2, -0.15) is 0 Å². The van der Waals surface area contributed by atoms with E-state index in [1.807, 2.05) is 0 Å². The van der Waals surface area contributed by atoms with Gasteiger partial charge in [0.2, 0.25) is 0 Å². The first-order valence-corrected chi connectivity index (χ1v) is 4.77. The normalized spacial score (nSPS) is 27.6. The summed E-state index contributed by atoms with van der Waals surface area (Å²) in [6.45, 7) is 4.20. The molecule has 5 nitrogen and oxygen atoms in total. The van der Waals surface area contributed by atoms with Crippen LogP contribution in [0, 0.1) is 0 Å². The van der Waals surface area contributed by atoms with Crippen LogP contribution in [-0.2, 0) is 0 Å². The summed E-state index contributed by atoms with van der Waals surface area (Å²) in [4.78, 5) is 24.5. The third kappa shape index (κ3) is 2.09. The first-order chi connectivity index (χ1) is 6.43. The van der Waals surface area contributed by atoms with Gasteiger partial charge in [-0.05, 0) is 25.4 Å². The van der Waals surface area contributed by atoms with E-state index in [-0.39, 0.29) is 12.1 Å². The number of halogens is 1. The second kappa shape index (κ2) is 4.04. The van der Waals surface area contributed by atoms with Gasteiger partial charge in [-0.25, -0.2) is 4.79 Å². The number of carbonyl (C=O) groups excluding carboxylic acids is 1. The molecule has 6 heteroatoms. The Hall–Kier alpha value is -0.970. The molecule has 1 aliphatic rings. The van der Waals surface area contributed by atoms with Gasteiger partial charge in [0.25, 0.3) is 0 Å². The van der Waals surface area contributed by atoms with Crippen LogP contribution in [0.2, 0.25) is 0 Å². The molecule has 0 radical (unpaired) electrons. The minimum Gasteiger partial charge on any atom is -0.465 e. The van der Waals surface area contributed by atoms with E-state index in [1.54, 1.807) is 13.8 Å². The molecule has 0 saturated carbocycles. The van der Waals surface area contributed by atoms with E-state index in [0.29, 0.717) is 13.1 Å². The molecule has 0 spiro atoms. The van der Waals surface area contributed by atoms with Gasteiger partial charge >= 0.3 is 11.5 Å². The predicted molar refractivity (Wildman–Crippen MR) is 51.6 cm³/mol. The van der Waals surface area contributed by atoms with Crippen LogP contribution >= 0.6 is 11.6 Å². The standard InChI is InChI=1S/C8H13ClN2O3/c1-5-3-10(8(13)14)4-6(2)11(5)7(9)12/h5-6H,3-4H2,1-2H3,(H,13,14)/t5-,6-/m1/s1. The van der Waals surface area contributed by atoms with Crippen LogP contribution in [-0.4, -0.2) is 51.5 Å². The highest BCUT2D eigenvalue weighted by Crippen LogP contribution is 2.17. The highest BCUT2D eigenvalue weighted by atomic mass is 35.5. The summed E-state index contributed by atoms with van der Waals surface area (Å²) in [6, 6.07) is -0.334. The third-order valence-electron chi connectivity index (χ3n) is 2.39. The third-order valence-corrected chi connectivity index (χ3v) is 2.59. The predicted octanol–water partition coefficient (Wildman–Crippen LogP) is 1.42. The van der Waals surface area contributed by atoms with Crippen LogP contribution < -0.4 is 0 Å². The molecule has 14 heavy (non-hydrogen) atoms. The van der Waals surface area contributed by atoms with Crippen LogP contribution in [0.3, 0.4) is 0 Å². The first kappa shape index (κ1) is 11.1. The molecule has 0 aromatic carbocycles. The molecule has 0 aromatic heterocycles. The zero-order valence-corrected chi connectivity index (χ0v) is 8.86. The number of hydrogen-bond acceptors (Lipinski definition) is 2. The molecule has 2 amide bonds. The molecule has 1 fully saturated rings. The lowest BCUT2D eigenvalue weighted by molar-refractivity contribution is 0.0682. The molecule has 1 heterocycles. The molecular formula is C8H13ClN2O3. The molecule has 1 N–H and O–H groups in total. The zero-order valence-electron chi connectivity index (χ0n) is 8.11. The number of nitrogens with zero attached hydrogens (tertiary/aromatic N) is 2. The van der Waals surface area contributed by atoms with Gasteiger partial charge in [-0.15, -0.1) is 0 Å². The van der Waals surface area contributed by atoms with Gasteiger partial charge in [0.1, 0.15) is 0 Å². The van der Waals surface area contributed by atoms with E-state index in [4.69, 9.17) is 16.7 Å². The Morgan fingerprint density at radius 2 is 1.71 bits per heavy atom. The van der Waals surface area contributed by atoms with Crippen molar-refractivity contribution < 1.29 is 14.7 Å². The second-order valence-electron chi connectivity index (χ2n) is 3.55. The van der Waals surface area contributed by atoms with E-state index >= 15 is 0 Å². The van der Waals surface area contributed by atoms with Gasteiger partial charge in [-0.1, -0.05) is 0 Å². The molecule has 80 valence electrons. The monoisotopic (exact) mass is 220 g/mol. The summed E-state index contributed by atoms with van der Waals surface area (Å²) < 4.78 is 0. The molecule has 0 bridgehead atoms.